The minimum Gasteiger partial charge on any atom is -0.322 e. The minimum absolute atomic E-state index is 0.170. The zero-order chi connectivity index (χ0) is 21.9. The van der Waals surface area contributed by atoms with Crippen LogP contribution in [-0.2, 0) is 10.0 Å². The van der Waals surface area contributed by atoms with Gasteiger partial charge in [0, 0.05) is 22.7 Å². The molecular formula is C23H27ClN2O3S. The second-order valence-corrected chi connectivity index (χ2v) is 9.82. The van der Waals surface area contributed by atoms with Crippen molar-refractivity contribution in [2.75, 3.05) is 11.6 Å². The SMILES string of the molecule is CCCC(CCC)c1cc2cc(NC(=O)c3ccccc3Cl)ccc2n1S(C)(=O)=O. The number of amides is 1. The number of nitrogens with zero attached hydrogens (tertiary/aromatic N) is 1. The maximum absolute atomic E-state index is 12.6. The maximum atomic E-state index is 12.6. The standard InChI is InChI=1S/C23H27ClN2O3S/c1-4-8-16(9-5-2)22-15-17-14-18(12-13-21(17)26(22)30(3,28)29)25-23(27)19-10-6-7-11-20(19)24/h6-7,10-16H,4-5,8-9H2,1-3H3,(H,25,27). The highest BCUT2D eigenvalue weighted by Crippen LogP contribution is 2.34. The van der Waals surface area contributed by atoms with Gasteiger partial charge >= 0.3 is 0 Å². The van der Waals surface area contributed by atoms with Crippen molar-refractivity contribution >= 4 is 44.1 Å². The number of carbonyl (C=O) groups excluding carboxylic acids is 1. The smallest absolute Gasteiger partial charge is 0.257 e. The number of hydrogen-bond acceptors (Lipinski definition) is 3. The first-order valence-corrected chi connectivity index (χ1v) is 12.4. The number of halogens is 1. The summed E-state index contributed by atoms with van der Waals surface area (Å²) in [5.74, 6) is -0.138. The Morgan fingerprint density at radius 2 is 1.73 bits per heavy atom. The molecule has 0 bridgehead atoms. The molecule has 1 amide bonds. The maximum Gasteiger partial charge on any atom is 0.257 e. The van der Waals surface area contributed by atoms with Gasteiger partial charge in [0.25, 0.3) is 5.91 Å². The summed E-state index contributed by atoms with van der Waals surface area (Å²) >= 11 is 6.12. The van der Waals surface area contributed by atoms with E-state index in [1.165, 1.54) is 10.2 Å². The van der Waals surface area contributed by atoms with Gasteiger partial charge < -0.3 is 5.32 Å². The van der Waals surface area contributed by atoms with Crippen LogP contribution in [0.1, 0.15) is 61.5 Å². The zero-order valence-electron chi connectivity index (χ0n) is 17.5. The van der Waals surface area contributed by atoms with Crippen molar-refractivity contribution in [3.05, 3.63) is 64.8 Å². The van der Waals surface area contributed by atoms with Gasteiger partial charge in [-0.2, -0.15) is 0 Å². The fourth-order valence-corrected chi connectivity index (χ4v) is 5.25. The van der Waals surface area contributed by atoms with Crippen molar-refractivity contribution in [1.29, 1.82) is 0 Å². The van der Waals surface area contributed by atoms with Crippen LogP contribution >= 0.6 is 11.6 Å². The third-order valence-electron chi connectivity index (χ3n) is 5.18. The normalized spacial score (nSPS) is 11.9. The molecule has 0 aliphatic heterocycles. The highest BCUT2D eigenvalue weighted by atomic mass is 35.5. The summed E-state index contributed by atoms with van der Waals surface area (Å²) in [6.45, 7) is 4.22. The van der Waals surface area contributed by atoms with Gasteiger partial charge in [0.2, 0.25) is 10.0 Å². The highest BCUT2D eigenvalue weighted by molar-refractivity contribution is 7.89. The number of aromatic nitrogens is 1. The van der Waals surface area contributed by atoms with Crippen LogP contribution in [-0.4, -0.2) is 24.6 Å². The largest absolute Gasteiger partial charge is 0.322 e. The molecule has 1 aromatic heterocycles. The van der Waals surface area contributed by atoms with Crippen LogP contribution in [0.3, 0.4) is 0 Å². The van der Waals surface area contributed by atoms with E-state index in [-0.39, 0.29) is 11.8 Å². The number of anilines is 1. The van der Waals surface area contributed by atoms with Crippen molar-refractivity contribution in [3.63, 3.8) is 0 Å². The van der Waals surface area contributed by atoms with Gasteiger partial charge in [-0.3, -0.25) is 4.79 Å². The molecule has 30 heavy (non-hydrogen) atoms. The molecule has 2 aromatic carbocycles. The van der Waals surface area contributed by atoms with Crippen molar-refractivity contribution in [3.8, 4) is 0 Å². The van der Waals surface area contributed by atoms with Crippen molar-refractivity contribution in [2.45, 2.75) is 45.4 Å². The lowest BCUT2D eigenvalue weighted by Crippen LogP contribution is -2.16. The predicted octanol–water partition coefficient (Wildman–Crippen LogP) is 6.04. The van der Waals surface area contributed by atoms with Crippen LogP contribution in [0.25, 0.3) is 10.9 Å². The van der Waals surface area contributed by atoms with Gasteiger partial charge in [0.1, 0.15) is 0 Å². The second kappa shape index (κ2) is 9.23. The molecule has 0 atom stereocenters. The number of rotatable bonds is 8. The van der Waals surface area contributed by atoms with Crippen LogP contribution < -0.4 is 5.32 Å². The lowest BCUT2D eigenvalue weighted by Gasteiger charge is -2.18. The number of hydrogen-bond donors (Lipinski definition) is 1. The molecule has 3 rings (SSSR count). The van der Waals surface area contributed by atoms with Gasteiger partial charge in [0.15, 0.2) is 0 Å². The third-order valence-corrected chi connectivity index (χ3v) is 6.59. The average molecular weight is 447 g/mol. The van der Waals surface area contributed by atoms with E-state index in [2.05, 4.69) is 19.2 Å². The summed E-state index contributed by atoms with van der Waals surface area (Å²) in [5.41, 5.74) is 2.41. The molecule has 7 heteroatoms. The Balaban J connectivity index is 2.04. The number of carbonyl (C=O) groups is 1. The Kier molecular flexibility index (Phi) is 6.88. The molecule has 0 fully saturated rings. The summed E-state index contributed by atoms with van der Waals surface area (Å²) in [6.07, 6.45) is 5.05. The summed E-state index contributed by atoms with van der Waals surface area (Å²) in [6, 6.07) is 14.1. The fraction of sp³-hybridized carbons (Fsp3) is 0.348. The van der Waals surface area contributed by atoms with E-state index in [1.807, 2.05) is 12.1 Å². The summed E-state index contributed by atoms with van der Waals surface area (Å²) in [5, 5.41) is 4.02. The zero-order valence-corrected chi connectivity index (χ0v) is 19.1. The molecule has 5 nitrogen and oxygen atoms in total. The van der Waals surface area contributed by atoms with Gasteiger partial charge in [-0.25, -0.2) is 12.4 Å². The molecule has 1 N–H and O–H groups in total. The summed E-state index contributed by atoms with van der Waals surface area (Å²) in [7, 11) is -3.47. The highest BCUT2D eigenvalue weighted by Gasteiger charge is 2.23. The van der Waals surface area contributed by atoms with Gasteiger partial charge in [-0.05, 0) is 49.2 Å². The van der Waals surface area contributed by atoms with E-state index < -0.39 is 10.0 Å². The molecular weight excluding hydrogens is 420 g/mol. The molecule has 0 unspecified atom stereocenters. The van der Waals surface area contributed by atoms with Gasteiger partial charge in [0.05, 0.1) is 22.4 Å². The van der Waals surface area contributed by atoms with E-state index in [1.54, 1.807) is 36.4 Å². The third kappa shape index (κ3) is 4.71. The number of nitrogens with one attached hydrogen (secondary N) is 1. The Morgan fingerprint density at radius 1 is 1.07 bits per heavy atom. The molecule has 0 radical (unpaired) electrons. The molecule has 0 aliphatic rings. The van der Waals surface area contributed by atoms with Crippen LogP contribution in [0, 0.1) is 0 Å². The fourth-order valence-electron chi connectivity index (χ4n) is 3.92. The Morgan fingerprint density at radius 3 is 2.33 bits per heavy atom. The number of fused-ring (bicyclic) bond motifs is 1. The molecule has 0 saturated heterocycles. The van der Waals surface area contributed by atoms with Crippen molar-refractivity contribution in [1.82, 2.24) is 3.97 Å². The summed E-state index contributed by atoms with van der Waals surface area (Å²) in [4.78, 5) is 12.6. The lowest BCUT2D eigenvalue weighted by molar-refractivity contribution is 0.102. The molecule has 3 aromatic rings. The quantitative estimate of drug-likeness (QED) is 0.458. The van der Waals surface area contributed by atoms with Gasteiger partial charge in [-0.15, -0.1) is 0 Å². The molecule has 0 aliphatic carbocycles. The van der Waals surface area contributed by atoms with Crippen molar-refractivity contribution in [2.24, 2.45) is 0 Å². The monoisotopic (exact) mass is 446 g/mol. The van der Waals surface area contributed by atoms with Crippen molar-refractivity contribution < 1.29 is 13.2 Å². The first-order valence-electron chi connectivity index (χ1n) is 10.2. The molecule has 0 saturated carbocycles. The Bertz CT molecular complexity index is 1160. The molecule has 0 spiro atoms. The number of benzene rings is 2. The Labute approximate surface area is 183 Å². The van der Waals surface area contributed by atoms with E-state index in [9.17, 15) is 13.2 Å². The van der Waals surface area contributed by atoms with Gasteiger partial charge in [-0.1, -0.05) is 50.4 Å². The van der Waals surface area contributed by atoms with E-state index in [4.69, 9.17) is 11.6 Å². The average Bonchev–Trinajstić information content (AvgIpc) is 3.07. The van der Waals surface area contributed by atoms with Crippen LogP contribution in [0.2, 0.25) is 5.02 Å². The second-order valence-electron chi connectivity index (χ2n) is 7.58. The lowest BCUT2D eigenvalue weighted by atomic mass is 9.95. The first kappa shape index (κ1) is 22.4. The molecule has 1 heterocycles. The first-order chi connectivity index (χ1) is 14.3. The van der Waals surface area contributed by atoms with E-state index in [0.29, 0.717) is 21.8 Å². The van der Waals surface area contributed by atoms with E-state index in [0.717, 1.165) is 36.8 Å². The predicted molar refractivity (Wildman–Crippen MR) is 124 cm³/mol. The Hall–Kier alpha value is -2.31. The topological polar surface area (TPSA) is 68.2 Å². The van der Waals surface area contributed by atoms with Crippen LogP contribution in [0.5, 0.6) is 0 Å². The van der Waals surface area contributed by atoms with Crippen LogP contribution in [0.15, 0.2) is 48.5 Å². The van der Waals surface area contributed by atoms with Crippen LogP contribution in [0.4, 0.5) is 5.69 Å². The minimum atomic E-state index is -3.47. The molecule has 160 valence electrons. The summed E-state index contributed by atoms with van der Waals surface area (Å²) < 4.78 is 26.7. The van der Waals surface area contributed by atoms with E-state index >= 15 is 0 Å².